The first-order valence-electron chi connectivity index (χ1n) is 4.36. The third-order valence-corrected chi connectivity index (χ3v) is 2.72. The van der Waals surface area contributed by atoms with E-state index >= 15 is 0 Å². The number of nitrogens with two attached hydrogens (primary N) is 1. The normalized spacial score (nSPS) is 10.0. The van der Waals surface area contributed by atoms with Crippen LogP contribution in [-0.4, -0.2) is 0 Å². The van der Waals surface area contributed by atoms with Crippen LogP contribution in [0.1, 0.15) is 4.88 Å². The first-order chi connectivity index (χ1) is 6.86. The van der Waals surface area contributed by atoms with Crippen LogP contribution in [0.4, 0.5) is 5.69 Å². The maximum absolute atomic E-state index is 5.74. The minimum absolute atomic E-state index is 0.589. The van der Waals surface area contributed by atoms with Gasteiger partial charge < -0.3 is 10.5 Å². The number of ether oxygens (including phenoxy) is 1. The van der Waals surface area contributed by atoms with Crippen molar-refractivity contribution in [3.63, 3.8) is 0 Å². The van der Waals surface area contributed by atoms with Crippen molar-refractivity contribution in [1.29, 1.82) is 0 Å². The zero-order valence-electron chi connectivity index (χ0n) is 7.64. The van der Waals surface area contributed by atoms with Crippen molar-refractivity contribution in [3.8, 4) is 5.75 Å². The Balaban J connectivity index is 2.02. The number of nitrogen functional groups attached to an aromatic ring is 1. The summed E-state index contributed by atoms with van der Waals surface area (Å²) in [5.41, 5.74) is 6.42. The molecule has 0 aliphatic carbocycles. The average Bonchev–Trinajstić information content (AvgIpc) is 2.69. The van der Waals surface area contributed by atoms with Crippen LogP contribution in [0.3, 0.4) is 0 Å². The van der Waals surface area contributed by atoms with Crippen LogP contribution in [0.25, 0.3) is 0 Å². The molecule has 14 heavy (non-hydrogen) atoms. The highest BCUT2D eigenvalue weighted by Crippen LogP contribution is 2.21. The molecule has 0 saturated heterocycles. The maximum atomic E-state index is 5.74. The molecule has 0 spiro atoms. The van der Waals surface area contributed by atoms with Gasteiger partial charge in [0.05, 0.1) is 5.69 Å². The second kappa shape index (κ2) is 4.15. The summed E-state index contributed by atoms with van der Waals surface area (Å²) < 4.78 is 5.57. The highest BCUT2D eigenvalue weighted by Gasteiger charge is 1.99. The quantitative estimate of drug-likeness (QED) is 0.782. The molecule has 0 amide bonds. The lowest BCUT2D eigenvalue weighted by Gasteiger charge is -2.06. The fraction of sp³-hybridized carbons (Fsp3) is 0.0909. The molecule has 2 N–H and O–H groups in total. The second-order valence-corrected chi connectivity index (χ2v) is 3.94. The van der Waals surface area contributed by atoms with Gasteiger partial charge in [-0.05, 0) is 23.6 Å². The van der Waals surface area contributed by atoms with Gasteiger partial charge in [-0.1, -0.05) is 18.2 Å². The van der Waals surface area contributed by atoms with Crippen LogP contribution in [0.5, 0.6) is 5.75 Å². The molecule has 0 bridgehead atoms. The van der Waals surface area contributed by atoms with Gasteiger partial charge in [-0.25, -0.2) is 0 Å². The Hall–Kier alpha value is -1.48. The van der Waals surface area contributed by atoms with Crippen LogP contribution in [0, 0.1) is 0 Å². The Morgan fingerprint density at radius 2 is 2.00 bits per heavy atom. The molecule has 2 nitrogen and oxygen atoms in total. The molecule has 1 aromatic carbocycles. The predicted octanol–water partition coefficient (Wildman–Crippen LogP) is 2.91. The lowest BCUT2D eigenvalue weighted by Crippen LogP contribution is -1.96. The van der Waals surface area contributed by atoms with Gasteiger partial charge in [-0.3, -0.25) is 0 Å². The summed E-state index contributed by atoms with van der Waals surface area (Å²) in [6.45, 7) is 0.589. The number of hydrogen-bond acceptors (Lipinski definition) is 3. The summed E-state index contributed by atoms with van der Waals surface area (Å²) in [4.78, 5) is 1.20. The molecule has 72 valence electrons. The van der Waals surface area contributed by atoms with Gasteiger partial charge in [0, 0.05) is 4.88 Å². The minimum Gasteiger partial charge on any atom is -0.486 e. The van der Waals surface area contributed by atoms with Crippen LogP contribution >= 0.6 is 11.3 Å². The summed E-state index contributed by atoms with van der Waals surface area (Å²) in [5, 5.41) is 2.03. The van der Waals surface area contributed by atoms with Crippen molar-refractivity contribution in [2.45, 2.75) is 6.61 Å². The van der Waals surface area contributed by atoms with Crippen molar-refractivity contribution in [2.24, 2.45) is 0 Å². The number of benzene rings is 1. The van der Waals surface area contributed by atoms with E-state index in [1.807, 2.05) is 41.8 Å². The Morgan fingerprint density at radius 3 is 2.71 bits per heavy atom. The lowest BCUT2D eigenvalue weighted by molar-refractivity contribution is 0.311. The summed E-state index contributed by atoms with van der Waals surface area (Å²) in [7, 11) is 0. The Morgan fingerprint density at radius 1 is 1.14 bits per heavy atom. The van der Waals surface area contributed by atoms with Gasteiger partial charge in [-0.15, -0.1) is 11.3 Å². The van der Waals surface area contributed by atoms with E-state index < -0.39 is 0 Å². The van der Waals surface area contributed by atoms with E-state index in [2.05, 4.69) is 0 Å². The van der Waals surface area contributed by atoms with E-state index in [1.54, 1.807) is 11.3 Å². The first kappa shape index (κ1) is 9.09. The van der Waals surface area contributed by atoms with Crippen LogP contribution in [-0.2, 0) is 6.61 Å². The zero-order chi connectivity index (χ0) is 9.80. The molecular formula is C11H11NOS. The van der Waals surface area contributed by atoms with Crippen molar-refractivity contribution < 1.29 is 4.74 Å². The minimum atomic E-state index is 0.589. The molecule has 1 aromatic heterocycles. The maximum Gasteiger partial charge on any atom is 0.142 e. The molecule has 1 heterocycles. The first-order valence-corrected chi connectivity index (χ1v) is 5.24. The van der Waals surface area contributed by atoms with Crippen molar-refractivity contribution in [1.82, 2.24) is 0 Å². The topological polar surface area (TPSA) is 35.2 Å². The summed E-state index contributed by atoms with van der Waals surface area (Å²) in [6, 6.07) is 11.6. The highest BCUT2D eigenvalue weighted by atomic mass is 32.1. The standard InChI is InChI=1S/C11H11NOS/c12-10-5-1-2-6-11(10)13-8-9-4-3-7-14-9/h1-7H,8,12H2. The van der Waals surface area contributed by atoms with E-state index in [4.69, 9.17) is 10.5 Å². The number of rotatable bonds is 3. The molecule has 0 atom stereocenters. The van der Waals surface area contributed by atoms with Crippen LogP contribution in [0.2, 0.25) is 0 Å². The molecule has 0 aliphatic heterocycles. The Bertz CT molecular complexity index is 397. The highest BCUT2D eigenvalue weighted by molar-refractivity contribution is 7.09. The number of thiophene rings is 1. The fourth-order valence-electron chi connectivity index (χ4n) is 1.16. The third-order valence-electron chi connectivity index (χ3n) is 1.87. The lowest BCUT2D eigenvalue weighted by atomic mass is 10.3. The largest absolute Gasteiger partial charge is 0.486 e. The molecule has 0 fully saturated rings. The van der Waals surface area contributed by atoms with Gasteiger partial charge in [-0.2, -0.15) is 0 Å². The van der Waals surface area contributed by atoms with Crippen molar-refractivity contribution in [2.75, 3.05) is 5.73 Å². The van der Waals surface area contributed by atoms with Gasteiger partial charge in [0.2, 0.25) is 0 Å². The molecule has 2 aromatic rings. The van der Waals surface area contributed by atoms with Crippen molar-refractivity contribution in [3.05, 3.63) is 46.7 Å². The molecule has 0 aliphatic rings. The Labute approximate surface area is 86.9 Å². The second-order valence-electron chi connectivity index (χ2n) is 2.91. The molecule has 2 rings (SSSR count). The summed E-state index contributed by atoms with van der Waals surface area (Å²) >= 11 is 1.68. The number of hydrogen-bond donors (Lipinski definition) is 1. The average molecular weight is 205 g/mol. The summed E-state index contributed by atoms with van der Waals surface area (Å²) in [6.07, 6.45) is 0. The van der Waals surface area contributed by atoms with Crippen LogP contribution < -0.4 is 10.5 Å². The predicted molar refractivity (Wildman–Crippen MR) is 59.5 cm³/mol. The molecule has 0 saturated carbocycles. The monoisotopic (exact) mass is 205 g/mol. The molecular weight excluding hydrogens is 194 g/mol. The van der Waals surface area contributed by atoms with E-state index in [-0.39, 0.29) is 0 Å². The Kier molecular flexibility index (Phi) is 2.70. The van der Waals surface area contributed by atoms with Crippen molar-refractivity contribution >= 4 is 17.0 Å². The van der Waals surface area contributed by atoms with E-state index in [1.165, 1.54) is 4.88 Å². The fourth-order valence-corrected chi connectivity index (χ4v) is 1.77. The zero-order valence-corrected chi connectivity index (χ0v) is 8.46. The summed E-state index contributed by atoms with van der Waals surface area (Å²) in [5.74, 6) is 0.751. The van der Waals surface area contributed by atoms with Gasteiger partial charge in [0.25, 0.3) is 0 Å². The van der Waals surface area contributed by atoms with E-state index in [0.717, 1.165) is 5.75 Å². The molecule has 3 heteroatoms. The third kappa shape index (κ3) is 2.06. The SMILES string of the molecule is Nc1ccccc1OCc1cccs1. The van der Waals surface area contributed by atoms with Gasteiger partial charge in [0.1, 0.15) is 12.4 Å². The molecule has 0 radical (unpaired) electrons. The van der Waals surface area contributed by atoms with E-state index in [0.29, 0.717) is 12.3 Å². The number of para-hydroxylation sites is 2. The smallest absolute Gasteiger partial charge is 0.142 e. The molecule has 0 unspecified atom stereocenters. The van der Waals surface area contributed by atoms with Gasteiger partial charge in [0.15, 0.2) is 0 Å². The van der Waals surface area contributed by atoms with Gasteiger partial charge >= 0.3 is 0 Å². The van der Waals surface area contributed by atoms with E-state index in [9.17, 15) is 0 Å². The van der Waals surface area contributed by atoms with Crippen LogP contribution in [0.15, 0.2) is 41.8 Å². The number of anilines is 1.